The molecule has 4 aromatic rings. The average molecular weight is 372 g/mol. The van der Waals surface area contributed by atoms with E-state index in [2.05, 4.69) is 35.8 Å². The highest BCUT2D eigenvalue weighted by atomic mass is 32.1. The topological polar surface area (TPSA) is 34.0 Å². The van der Waals surface area contributed by atoms with Crippen LogP contribution in [-0.2, 0) is 0 Å². The number of hydrogen-bond donors (Lipinski definition) is 1. The zero-order chi connectivity index (χ0) is 18.8. The van der Waals surface area contributed by atoms with Crippen molar-refractivity contribution >= 4 is 22.9 Å². The van der Waals surface area contributed by atoms with Gasteiger partial charge in [0.2, 0.25) is 0 Å². The first kappa shape index (κ1) is 17.3. The summed E-state index contributed by atoms with van der Waals surface area (Å²) in [5.41, 5.74) is 6.26. The van der Waals surface area contributed by atoms with Crippen molar-refractivity contribution in [3.05, 3.63) is 94.4 Å². The van der Waals surface area contributed by atoms with Crippen LogP contribution in [0.25, 0.3) is 16.8 Å². The normalized spacial score (nSPS) is 10.7. The maximum Gasteiger partial charge on any atom is 0.267 e. The number of rotatable bonds is 4. The predicted molar refractivity (Wildman–Crippen MR) is 113 cm³/mol. The average Bonchev–Trinajstić information content (AvgIpc) is 3.32. The molecule has 2 heterocycles. The van der Waals surface area contributed by atoms with Crippen LogP contribution in [0.15, 0.2) is 78.4 Å². The number of carbonyl (C=O) groups excluding carboxylic acids is 1. The Balaban J connectivity index is 1.77. The molecule has 2 aromatic heterocycles. The summed E-state index contributed by atoms with van der Waals surface area (Å²) in [4.78, 5) is 13.7. The summed E-state index contributed by atoms with van der Waals surface area (Å²) >= 11 is 1.47. The Morgan fingerprint density at radius 2 is 1.67 bits per heavy atom. The van der Waals surface area contributed by atoms with E-state index in [0.29, 0.717) is 4.88 Å². The number of hydrogen-bond acceptors (Lipinski definition) is 2. The lowest BCUT2D eigenvalue weighted by Gasteiger charge is -2.11. The molecule has 3 nitrogen and oxygen atoms in total. The van der Waals surface area contributed by atoms with E-state index in [-0.39, 0.29) is 5.91 Å². The molecule has 134 valence electrons. The van der Waals surface area contributed by atoms with E-state index < -0.39 is 0 Å². The number of aryl methyl sites for hydroxylation is 2. The number of thiophene rings is 1. The van der Waals surface area contributed by atoms with Crippen molar-refractivity contribution in [2.24, 2.45) is 0 Å². The van der Waals surface area contributed by atoms with Gasteiger partial charge in [0.25, 0.3) is 5.91 Å². The fourth-order valence-corrected chi connectivity index (χ4v) is 4.06. The molecule has 0 fully saturated rings. The minimum atomic E-state index is -0.0912. The Labute approximate surface area is 162 Å². The fourth-order valence-electron chi connectivity index (χ4n) is 3.09. The Kier molecular flexibility index (Phi) is 4.65. The van der Waals surface area contributed by atoms with E-state index in [1.807, 2.05) is 66.3 Å². The second kappa shape index (κ2) is 7.25. The van der Waals surface area contributed by atoms with Gasteiger partial charge in [-0.15, -0.1) is 11.3 Å². The van der Waals surface area contributed by atoms with E-state index in [0.717, 1.165) is 22.5 Å². The highest BCUT2D eigenvalue weighted by molar-refractivity contribution is 7.13. The monoisotopic (exact) mass is 372 g/mol. The number of carbonyl (C=O) groups is 1. The Bertz CT molecular complexity index is 1080. The molecule has 0 saturated carbocycles. The molecule has 0 aliphatic heterocycles. The number of benzene rings is 2. The van der Waals surface area contributed by atoms with E-state index in [9.17, 15) is 4.79 Å². The molecule has 0 aliphatic rings. The van der Waals surface area contributed by atoms with Gasteiger partial charge < -0.3 is 9.88 Å². The van der Waals surface area contributed by atoms with Gasteiger partial charge in [-0.3, -0.25) is 4.79 Å². The van der Waals surface area contributed by atoms with Crippen LogP contribution in [0.4, 0.5) is 5.69 Å². The fraction of sp³-hybridized carbons (Fsp3) is 0.0870. The lowest BCUT2D eigenvalue weighted by Crippen LogP contribution is -2.12. The molecule has 2 aromatic carbocycles. The van der Waals surface area contributed by atoms with Gasteiger partial charge in [-0.1, -0.05) is 47.5 Å². The second-order valence-corrected chi connectivity index (χ2v) is 7.49. The van der Waals surface area contributed by atoms with Crippen molar-refractivity contribution in [2.75, 3.05) is 5.32 Å². The lowest BCUT2D eigenvalue weighted by atomic mass is 10.0. The van der Waals surface area contributed by atoms with Crippen LogP contribution in [0.2, 0.25) is 0 Å². The highest BCUT2D eigenvalue weighted by Crippen LogP contribution is 2.35. The Morgan fingerprint density at radius 3 is 2.37 bits per heavy atom. The van der Waals surface area contributed by atoms with Crippen molar-refractivity contribution < 1.29 is 4.79 Å². The van der Waals surface area contributed by atoms with Gasteiger partial charge in [0.15, 0.2) is 0 Å². The molecule has 1 N–H and O–H groups in total. The summed E-state index contributed by atoms with van der Waals surface area (Å²) in [7, 11) is 0. The van der Waals surface area contributed by atoms with Crippen molar-refractivity contribution in [2.45, 2.75) is 13.8 Å². The number of nitrogens with zero attached hydrogens (tertiary/aromatic N) is 1. The third-order valence-electron chi connectivity index (χ3n) is 4.47. The van der Waals surface area contributed by atoms with Crippen molar-refractivity contribution in [3.63, 3.8) is 0 Å². The minimum Gasteiger partial charge on any atom is -0.322 e. The van der Waals surface area contributed by atoms with Crippen LogP contribution in [-0.4, -0.2) is 10.5 Å². The molecular weight excluding hydrogens is 352 g/mol. The standard InChI is InChI=1S/C23H20N2OS/c1-16-8-10-19(11-9-16)24-23(26)22-21(25-12-3-4-13-25)20(15-27-22)18-7-5-6-17(2)14-18/h3-15H,1-2H3,(H,24,26). The van der Waals surface area contributed by atoms with Crippen molar-refractivity contribution in [1.29, 1.82) is 0 Å². The number of amides is 1. The smallest absolute Gasteiger partial charge is 0.267 e. The summed E-state index contributed by atoms with van der Waals surface area (Å²) in [6, 6.07) is 20.2. The van der Waals surface area contributed by atoms with Gasteiger partial charge in [-0.05, 0) is 43.7 Å². The zero-order valence-corrected chi connectivity index (χ0v) is 16.1. The number of nitrogens with one attached hydrogen (secondary N) is 1. The molecule has 0 aliphatic carbocycles. The zero-order valence-electron chi connectivity index (χ0n) is 15.3. The molecule has 4 heteroatoms. The van der Waals surface area contributed by atoms with E-state index >= 15 is 0 Å². The summed E-state index contributed by atoms with van der Waals surface area (Å²) in [6.45, 7) is 4.11. The quantitative estimate of drug-likeness (QED) is 0.463. The van der Waals surface area contributed by atoms with Gasteiger partial charge in [0, 0.05) is 29.0 Å². The van der Waals surface area contributed by atoms with Crippen LogP contribution in [0.3, 0.4) is 0 Å². The van der Waals surface area contributed by atoms with Gasteiger partial charge in [-0.25, -0.2) is 0 Å². The van der Waals surface area contributed by atoms with Crippen LogP contribution < -0.4 is 5.32 Å². The summed E-state index contributed by atoms with van der Waals surface area (Å²) in [5, 5.41) is 5.09. The van der Waals surface area contributed by atoms with Crippen molar-refractivity contribution in [1.82, 2.24) is 4.57 Å². The number of anilines is 1. The van der Waals surface area contributed by atoms with Gasteiger partial charge in [-0.2, -0.15) is 0 Å². The SMILES string of the molecule is Cc1ccc(NC(=O)c2scc(-c3cccc(C)c3)c2-n2cccc2)cc1. The molecule has 0 unspecified atom stereocenters. The first-order valence-electron chi connectivity index (χ1n) is 8.82. The van der Waals surface area contributed by atoms with Gasteiger partial charge in [0.1, 0.15) is 4.88 Å². The first-order chi connectivity index (χ1) is 13.1. The predicted octanol–water partition coefficient (Wildman–Crippen LogP) is 6.07. The second-order valence-electron chi connectivity index (χ2n) is 6.61. The molecule has 0 spiro atoms. The minimum absolute atomic E-state index is 0.0912. The van der Waals surface area contributed by atoms with E-state index in [1.54, 1.807) is 0 Å². The molecule has 0 atom stereocenters. The molecule has 0 bridgehead atoms. The summed E-state index contributed by atoms with van der Waals surface area (Å²) in [6.07, 6.45) is 3.95. The Hall–Kier alpha value is -3.11. The molecule has 27 heavy (non-hydrogen) atoms. The molecule has 0 radical (unpaired) electrons. The summed E-state index contributed by atoms with van der Waals surface area (Å²) in [5.74, 6) is -0.0912. The van der Waals surface area contributed by atoms with Gasteiger partial charge in [0.05, 0.1) is 5.69 Å². The van der Waals surface area contributed by atoms with Crippen LogP contribution >= 0.6 is 11.3 Å². The van der Waals surface area contributed by atoms with E-state index in [1.165, 1.54) is 22.5 Å². The maximum atomic E-state index is 13.0. The largest absolute Gasteiger partial charge is 0.322 e. The van der Waals surface area contributed by atoms with Crippen LogP contribution in [0, 0.1) is 13.8 Å². The molecule has 1 amide bonds. The third-order valence-corrected chi connectivity index (χ3v) is 5.44. The molecule has 4 rings (SSSR count). The first-order valence-corrected chi connectivity index (χ1v) is 9.70. The maximum absolute atomic E-state index is 13.0. The third kappa shape index (κ3) is 3.57. The van der Waals surface area contributed by atoms with Gasteiger partial charge >= 0.3 is 0 Å². The number of aromatic nitrogens is 1. The van der Waals surface area contributed by atoms with Crippen molar-refractivity contribution in [3.8, 4) is 16.8 Å². The highest BCUT2D eigenvalue weighted by Gasteiger charge is 2.20. The molecule has 0 saturated heterocycles. The summed E-state index contributed by atoms with van der Waals surface area (Å²) < 4.78 is 2.01. The molecular formula is C23H20N2OS. The Morgan fingerprint density at radius 1 is 0.926 bits per heavy atom. The lowest BCUT2D eigenvalue weighted by molar-refractivity contribution is 0.103. The van der Waals surface area contributed by atoms with E-state index in [4.69, 9.17) is 0 Å². The van der Waals surface area contributed by atoms with Crippen LogP contribution in [0.1, 0.15) is 20.8 Å². The van der Waals surface area contributed by atoms with Crippen LogP contribution in [0.5, 0.6) is 0 Å².